The van der Waals surface area contributed by atoms with E-state index in [0.717, 1.165) is 25.2 Å². The minimum absolute atomic E-state index is 0.227. The molecule has 1 heterocycles. The summed E-state index contributed by atoms with van der Waals surface area (Å²) in [6.45, 7) is 4.87. The van der Waals surface area contributed by atoms with Gasteiger partial charge in [0.25, 0.3) is 0 Å². The summed E-state index contributed by atoms with van der Waals surface area (Å²) in [5.74, 6) is 0.227. The Morgan fingerprint density at radius 1 is 1.16 bits per heavy atom. The van der Waals surface area contributed by atoms with Crippen molar-refractivity contribution >= 4 is 17.1 Å². The fourth-order valence-corrected chi connectivity index (χ4v) is 2.75. The number of Topliss-reactive ketones (excluding diaryl/α,β-unsaturated/α-hetero) is 1. The highest BCUT2D eigenvalue weighted by molar-refractivity contribution is 7.09. The van der Waals surface area contributed by atoms with Gasteiger partial charge in [0.2, 0.25) is 0 Å². The molecule has 2 aromatic rings. The van der Waals surface area contributed by atoms with Crippen LogP contribution in [-0.2, 0) is 6.54 Å². The maximum absolute atomic E-state index is 12.0. The highest BCUT2D eigenvalue weighted by atomic mass is 32.1. The van der Waals surface area contributed by atoms with Crippen LogP contribution in [0.2, 0.25) is 0 Å². The SMILES string of the molecule is CCN(CCC(=O)c1ccccc1)Cc1cccs1. The third-order valence-corrected chi connectivity index (χ3v) is 4.02. The van der Waals surface area contributed by atoms with E-state index in [1.807, 2.05) is 30.3 Å². The monoisotopic (exact) mass is 273 g/mol. The van der Waals surface area contributed by atoms with Gasteiger partial charge in [0.1, 0.15) is 0 Å². The van der Waals surface area contributed by atoms with E-state index >= 15 is 0 Å². The van der Waals surface area contributed by atoms with E-state index in [9.17, 15) is 4.79 Å². The Labute approximate surface area is 118 Å². The molecule has 0 radical (unpaired) electrons. The van der Waals surface area contributed by atoms with Gasteiger partial charge in [-0.05, 0) is 18.0 Å². The molecule has 0 saturated heterocycles. The molecule has 0 N–H and O–H groups in total. The van der Waals surface area contributed by atoms with Crippen LogP contribution in [0.25, 0.3) is 0 Å². The van der Waals surface area contributed by atoms with Gasteiger partial charge in [-0.25, -0.2) is 0 Å². The van der Waals surface area contributed by atoms with E-state index in [0.29, 0.717) is 6.42 Å². The topological polar surface area (TPSA) is 20.3 Å². The van der Waals surface area contributed by atoms with E-state index in [2.05, 4.69) is 29.3 Å². The number of carbonyl (C=O) groups excluding carboxylic acids is 1. The number of hydrogen-bond acceptors (Lipinski definition) is 3. The number of thiophene rings is 1. The molecular weight excluding hydrogens is 254 g/mol. The average molecular weight is 273 g/mol. The van der Waals surface area contributed by atoms with E-state index in [1.165, 1.54) is 4.88 Å². The Kier molecular flexibility index (Phi) is 5.31. The molecule has 0 amide bonds. The van der Waals surface area contributed by atoms with Crippen molar-refractivity contribution in [3.63, 3.8) is 0 Å². The molecule has 0 aliphatic carbocycles. The fourth-order valence-electron chi connectivity index (χ4n) is 2.00. The summed E-state index contributed by atoms with van der Waals surface area (Å²) in [4.78, 5) is 15.7. The molecule has 0 aliphatic rings. The molecule has 1 aromatic heterocycles. The lowest BCUT2D eigenvalue weighted by Crippen LogP contribution is -2.25. The molecule has 0 atom stereocenters. The van der Waals surface area contributed by atoms with Crippen LogP contribution in [0, 0.1) is 0 Å². The maximum Gasteiger partial charge on any atom is 0.164 e. The van der Waals surface area contributed by atoms with Gasteiger partial charge in [-0.15, -0.1) is 11.3 Å². The van der Waals surface area contributed by atoms with Crippen molar-refractivity contribution in [3.05, 3.63) is 58.3 Å². The third kappa shape index (κ3) is 4.30. The molecule has 0 fully saturated rings. The van der Waals surface area contributed by atoms with Gasteiger partial charge in [0, 0.05) is 30.0 Å². The fraction of sp³-hybridized carbons (Fsp3) is 0.312. The molecular formula is C16H19NOS. The second-order valence-corrected chi connectivity index (χ2v) is 5.52. The molecule has 3 heteroatoms. The van der Waals surface area contributed by atoms with Gasteiger partial charge in [-0.1, -0.05) is 43.3 Å². The number of rotatable bonds is 7. The Balaban J connectivity index is 1.84. The number of nitrogens with zero attached hydrogens (tertiary/aromatic N) is 1. The first-order chi connectivity index (χ1) is 9.29. The molecule has 2 rings (SSSR count). The van der Waals surface area contributed by atoms with E-state index in [-0.39, 0.29) is 5.78 Å². The number of ketones is 1. The average Bonchev–Trinajstić information content (AvgIpc) is 2.97. The summed E-state index contributed by atoms with van der Waals surface area (Å²) in [6, 6.07) is 13.8. The predicted molar refractivity (Wildman–Crippen MR) is 80.7 cm³/mol. The van der Waals surface area contributed by atoms with Gasteiger partial charge in [0.05, 0.1) is 0 Å². The molecule has 100 valence electrons. The zero-order valence-corrected chi connectivity index (χ0v) is 12.0. The minimum atomic E-state index is 0.227. The lowest BCUT2D eigenvalue weighted by atomic mass is 10.1. The van der Waals surface area contributed by atoms with Gasteiger partial charge in [-0.2, -0.15) is 0 Å². The Morgan fingerprint density at radius 3 is 2.58 bits per heavy atom. The van der Waals surface area contributed by atoms with Crippen molar-refractivity contribution in [1.29, 1.82) is 0 Å². The molecule has 0 saturated carbocycles. The van der Waals surface area contributed by atoms with Crippen LogP contribution in [0.15, 0.2) is 47.8 Å². The summed E-state index contributed by atoms with van der Waals surface area (Å²) in [5.41, 5.74) is 0.815. The minimum Gasteiger partial charge on any atom is -0.298 e. The van der Waals surface area contributed by atoms with Crippen LogP contribution in [0.3, 0.4) is 0 Å². The van der Waals surface area contributed by atoms with Crippen LogP contribution in [0.4, 0.5) is 0 Å². The smallest absolute Gasteiger partial charge is 0.164 e. The molecule has 0 bridgehead atoms. The van der Waals surface area contributed by atoms with Crippen LogP contribution < -0.4 is 0 Å². The zero-order chi connectivity index (χ0) is 13.5. The largest absolute Gasteiger partial charge is 0.298 e. The summed E-state index contributed by atoms with van der Waals surface area (Å²) < 4.78 is 0. The Bertz CT molecular complexity index is 493. The van der Waals surface area contributed by atoms with Crippen molar-refractivity contribution in [2.45, 2.75) is 19.9 Å². The van der Waals surface area contributed by atoms with E-state index < -0.39 is 0 Å². The van der Waals surface area contributed by atoms with Gasteiger partial charge < -0.3 is 0 Å². The summed E-state index contributed by atoms with van der Waals surface area (Å²) in [7, 11) is 0. The van der Waals surface area contributed by atoms with Crippen LogP contribution in [0.1, 0.15) is 28.6 Å². The number of benzene rings is 1. The van der Waals surface area contributed by atoms with E-state index in [1.54, 1.807) is 11.3 Å². The molecule has 0 spiro atoms. The number of carbonyl (C=O) groups is 1. The van der Waals surface area contributed by atoms with Crippen molar-refractivity contribution in [2.75, 3.05) is 13.1 Å². The first-order valence-corrected chi connectivity index (χ1v) is 7.50. The molecule has 0 aliphatic heterocycles. The molecule has 2 nitrogen and oxygen atoms in total. The van der Waals surface area contributed by atoms with Crippen LogP contribution in [0.5, 0.6) is 0 Å². The first kappa shape index (κ1) is 14.0. The van der Waals surface area contributed by atoms with Crippen LogP contribution in [-0.4, -0.2) is 23.8 Å². The van der Waals surface area contributed by atoms with Crippen molar-refractivity contribution in [2.24, 2.45) is 0 Å². The zero-order valence-electron chi connectivity index (χ0n) is 11.2. The maximum atomic E-state index is 12.0. The van der Waals surface area contributed by atoms with Crippen molar-refractivity contribution in [3.8, 4) is 0 Å². The standard InChI is InChI=1S/C16H19NOS/c1-2-17(13-15-9-6-12-19-15)11-10-16(18)14-7-4-3-5-8-14/h3-9,12H,2,10-11,13H2,1H3. The molecule has 19 heavy (non-hydrogen) atoms. The van der Waals surface area contributed by atoms with E-state index in [4.69, 9.17) is 0 Å². The second-order valence-electron chi connectivity index (χ2n) is 4.49. The van der Waals surface area contributed by atoms with Gasteiger partial charge in [-0.3, -0.25) is 9.69 Å². The second kappa shape index (κ2) is 7.22. The van der Waals surface area contributed by atoms with Crippen molar-refractivity contribution < 1.29 is 4.79 Å². The Morgan fingerprint density at radius 2 is 1.95 bits per heavy atom. The molecule has 1 aromatic carbocycles. The highest BCUT2D eigenvalue weighted by Gasteiger charge is 2.09. The summed E-state index contributed by atoms with van der Waals surface area (Å²) in [5, 5.41) is 2.10. The highest BCUT2D eigenvalue weighted by Crippen LogP contribution is 2.12. The summed E-state index contributed by atoms with van der Waals surface area (Å²) >= 11 is 1.77. The normalized spacial score (nSPS) is 10.8. The Hall–Kier alpha value is -1.45. The first-order valence-electron chi connectivity index (χ1n) is 6.62. The predicted octanol–water partition coefficient (Wildman–Crippen LogP) is 3.84. The number of hydrogen-bond donors (Lipinski definition) is 0. The van der Waals surface area contributed by atoms with Gasteiger partial charge >= 0.3 is 0 Å². The summed E-state index contributed by atoms with van der Waals surface area (Å²) in [6.07, 6.45) is 0.587. The third-order valence-electron chi connectivity index (χ3n) is 3.16. The quantitative estimate of drug-likeness (QED) is 0.714. The molecule has 0 unspecified atom stereocenters. The van der Waals surface area contributed by atoms with Gasteiger partial charge in [0.15, 0.2) is 5.78 Å². The lowest BCUT2D eigenvalue weighted by molar-refractivity contribution is 0.0964. The lowest BCUT2D eigenvalue weighted by Gasteiger charge is -2.19. The van der Waals surface area contributed by atoms with Crippen molar-refractivity contribution in [1.82, 2.24) is 4.90 Å². The van der Waals surface area contributed by atoms with Crippen LogP contribution >= 0.6 is 11.3 Å².